The van der Waals surface area contributed by atoms with Crippen LogP contribution in [0.4, 0.5) is 0 Å². The van der Waals surface area contributed by atoms with Crippen LogP contribution in [0.1, 0.15) is 5.56 Å². The van der Waals surface area contributed by atoms with Gasteiger partial charge in [-0.05, 0) is 24.3 Å². The minimum absolute atomic E-state index is 0.163. The third-order valence-electron chi connectivity index (χ3n) is 3.50. The largest absolute Gasteiger partial charge is 0.493 e. The van der Waals surface area contributed by atoms with Crippen molar-refractivity contribution in [2.24, 2.45) is 5.10 Å². The highest BCUT2D eigenvalue weighted by Crippen LogP contribution is 2.30. The van der Waals surface area contributed by atoms with Crippen LogP contribution in [-0.4, -0.2) is 30.8 Å². The number of carbonyl (C=O) groups is 1. The van der Waals surface area contributed by atoms with Crippen LogP contribution >= 0.6 is 15.9 Å². The molecule has 0 aliphatic rings. The molecule has 0 saturated heterocycles. The number of ether oxygens (including phenoxy) is 2. The minimum Gasteiger partial charge on any atom is -0.493 e. The number of hydrogen-bond acceptors (Lipinski definition) is 4. The fraction of sp³-hybridized carbons (Fsp3) is 0.111. The van der Waals surface area contributed by atoms with Gasteiger partial charge in [-0.15, -0.1) is 0 Å². The Morgan fingerprint density at radius 3 is 2.96 bits per heavy atom. The van der Waals surface area contributed by atoms with E-state index in [-0.39, 0.29) is 12.5 Å². The molecule has 2 aromatic carbocycles. The van der Waals surface area contributed by atoms with E-state index in [1.165, 1.54) is 0 Å². The first-order valence-corrected chi connectivity index (χ1v) is 8.31. The molecule has 0 saturated carbocycles. The summed E-state index contributed by atoms with van der Waals surface area (Å²) in [7, 11) is 1.54. The molecular weight excluding hydrogens is 386 g/mol. The molecule has 3 rings (SSSR count). The zero-order valence-corrected chi connectivity index (χ0v) is 15.0. The fourth-order valence-electron chi connectivity index (χ4n) is 2.31. The van der Waals surface area contributed by atoms with E-state index in [1.54, 1.807) is 25.5 Å². The highest BCUT2D eigenvalue weighted by atomic mass is 79.9. The molecule has 7 heteroatoms. The van der Waals surface area contributed by atoms with E-state index in [0.717, 1.165) is 20.9 Å². The van der Waals surface area contributed by atoms with E-state index in [1.807, 2.05) is 36.5 Å². The van der Waals surface area contributed by atoms with Gasteiger partial charge in [-0.2, -0.15) is 5.10 Å². The third-order valence-corrected chi connectivity index (χ3v) is 3.99. The van der Waals surface area contributed by atoms with Crippen molar-refractivity contribution in [1.82, 2.24) is 10.4 Å². The lowest BCUT2D eigenvalue weighted by Gasteiger charge is -2.09. The lowest BCUT2D eigenvalue weighted by Crippen LogP contribution is -2.24. The zero-order valence-electron chi connectivity index (χ0n) is 13.5. The summed E-state index contributed by atoms with van der Waals surface area (Å²) in [6.07, 6.45) is 3.43. The molecule has 25 heavy (non-hydrogen) atoms. The van der Waals surface area contributed by atoms with Gasteiger partial charge in [0.05, 0.1) is 13.3 Å². The van der Waals surface area contributed by atoms with Gasteiger partial charge in [0, 0.05) is 27.1 Å². The van der Waals surface area contributed by atoms with Crippen molar-refractivity contribution in [2.45, 2.75) is 0 Å². The Hall–Kier alpha value is -2.80. The molecule has 3 aromatic rings. The number of nitrogens with one attached hydrogen (secondary N) is 2. The van der Waals surface area contributed by atoms with Crippen molar-refractivity contribution >= 4 is 39.0 Å². The van der Waals surface area contributed by atoms with Gasteiger partial charge < -0.3 is 14.5 Å². The second-order valence-corrected chi connectivity index (χ2v) is 6.08. The summed E-state index contributed by atoms with van der Waals surface area (Å²) >= 11 is 3.35. The molecule has 6 nitrogen and oxygen atoms in total. The summed E-state index contributed by atoms with van der Waals surface area (Å²) < 4.78 is 11.5. The molecule has 0 bridgehead atoms. The van der Waals surface area contributed by atoms with Gasteiger partial charge in [-0.3, -0.25) is 4.79 Å². The Kier molecular flexibility index (Phi) is 5.35. The van der Waals surface area contributed by atoms with Crippen molar-refractivity contribution in [3.05, 3.63) is 58.7 Å². The Labute approximate surface area is 153 Å². The van der Waals surface area contributed by atoms with Crippen LogP contribution in [0.3, 0.4) is 0 Å². The molecule has 0 aliphatic carbocycles. The maximum atomic E-state index is 11.9. The van der Waals surface area contributed by atoms with Crippen LogP contribution < -0.4 is 14.9 Å². The molecule has 0 fully saturated rings. The first-order valence-electron chi connectivity index (χ1n) is 7.52. The van der Waals surface area contributed by atoms with Crippen molar-refractivity contribution in [3.63, 3.8) is 0 Å². The lowest BCUT2D eigenvalue weighted by molar-refractivity contribution is -0.123. The van der Waals surface area contributed by atoms with E-state index in [0.29, 0.717) is 11.5 Å². The lowest BCUT2D eigenvalue weighted by atomic mass is 10.2. The first-order chi connectivity index (χ1) is 12.2. The number of hydrogen-bond donors (Lipinski definition) is 2. The van der Waals surface area contributed by atoms with Crippen molar-refractivity contribution < 1.29 is 14.3 Å². The van der Waals surface area contributed by atoms with Crippen LogP contribution in [-0.2, 0) is 4.79 Å². The Morgan fingerprint density at radius 1 is 1.28 bits per heavy atom. The van der Waals surface area contributed by atoms with E-state index >= 15 is 0 Å². The fourth-order valence-corrected chi connectivity index (χ4v) is 2.65. The molecule has 1 amide bonds. The monoisotopic (exact) mass is 401 g/mol. The van der Waals surface area contributed by atoms with Gasteiger partial charge in [0.2, 0.25) is 0 Å². The Bertz CT molecular complexity index is 921. The van der Waals surface area contributed by atoms with Crippen molar-refractivity contribution in [3.8, 4) is 11.5 Å². The number of hydrazone groups is 1. The number of aromatic amines is 1. The molecule has 0 radical (unpaired) electrons. The quantitative estimate of drug-likeness (QED) is 0.490. The summed E-state index contributed by atoms with van der Waals surface area (Å²) in [5.41, 5.74) is 4.36. The molecule has 1 aromatic heterocycles. The van der Waals surface area contributed by atoms with Crippen LogP contribution in [0.15, 0.2) is 58.2 Å². The molecule has 0 atom stereocenters. The number of rotatable bonds is 6. The number of amides is 1. The number of para-hydroxylation sites is 1. The summed E-state index contributed by atoms with van der Waals surface area (Å²) in [6.45, 7) is -0.163. The average molecular weight is 402 g/mol. The van der Waals surface area contributed by atoms with Gasteiger partial charge >= 0.3 is 0 Å². The number of nitrogens with zero attached hydrogens (tertiary/aromatic N) is 1. The second kappa shape index (κ2) is 7.85. The average Bonchev–Trinajstić information content (AvgIpc) is 3.04. The van der Waals surface area contributed by atoms with Crippen LogP contribution in [0.5, 0.6) is 11.5 Å². The van der Waals surface area contributed by atoms with Gasteiger partial charge in [0.25, 0.3) is 5.91 Å². The Balaban J connectivity index is 1.56. The van der Waals surface area contributed by atoms with Gasteiger partial charge in [0.1, 0.15) is 0 Å². The standard InChI is InChI=1S/C18H16BrN3O3/c1-24-17-8-13(19)6-7-16(17)25-11-18(23)22-21-10-12-9-20-15-5-3-2-4-14(12)15/h2-10,20H,11H2,1H3,(H,22,23)/b21-10+. The number of halogens is 1. The molecule has 128 valence electrons. The van der Waals surface area contributed by atoms with E-state index in [9.17, 15) is 4.79 Å². The molecule has 0 spiro atoms. The Morgan fingerprint density at radius 2 is 2.12 bits per heavy atom. The topological polar surface area (TPSA) is 75.7 Å². The smallest absolute Gasteiger partial charge is 0.277 e. The number of carbonyl (C=O) groups excluding carboxylic acids is 1. The van der Waals surface area contributed by atoms with E-state index in [2.05, 4.69) is 31.4 Å². The molecule has 0 unspecified atom stereocenters. The second-order valence-electron chi connectivity index (χ2n) is 5.17. The number of fused-ring (bicyclic) bond motifs is 1. The number of methoxy groups -OCH3 is 1. The molecule has 2 N–H and O–H groups in total. The highest BCUT2D eigenvalue weighted by Gasteiger charge is 2.07. The maximum absolute atomic E-state index is 11.9. The highest BCUT2D eigenvalue weighted by molar-refractivity contribution is 9.10. The SMILES string of the molecule is COc1cc(Br)ccc1OCC(=O)N/N=C/c1c[nH]c2ccccc12. The number of H-pyrrole nitrogens is 1. The van der Waals surface area contributed by atoms with Crippen molar-refractivity contribution in [2.75, 3.05) is 13.7 Å². The van der Waals surface area contributed by atoms with E-state index in [4.69, 9.17) is 9.47 Å². The maximum Gasteiger partial charge on any atom is 0.277 e. The number of aromatic nitrogens is 1. The summed E-state index contributed by atoms with van der Waals surface area (Å²) in [6, 6.07) is 13.2. The zero-order chi connectivity index (χ0) is 17.6. The first kappa shape index (κ1) is 17.0. The molecular formula is C18H16BrN3O3. The minimum atomic E-state index is -0.360. The summed E-state index contributed by atoms with van der Waals surface area (Å²) in [5, 5.41) is 5.01. The van der Waals surface area contributed by atoms with Gasteiger partial charge in [0.15, 0.2) is 18.1 Å². The predicted octanol–water partition coefficient (Wildman–Crippen LogP) is 3.47. The molecule has 1 heterocycles. The van der Waals surface area contributed by atoms with Crippen molar-refractivity contribution in [1.29, 1.82) is 0 Å². The third kappa shape index (κ3) is 4.19. The van der Waals surface area contributed by atoms with Crippen LogP contribution in [0.2, 0.25) is 0 Å². The molecule has 0 aliphatic heterocycles. The van der Waals surface area contributed by atoms with E-state index < -0.39 is 0 Å². The predicted molar refractivity (Wildman–Crippen MR) is 100 cm³/mol. The van der Waals surface area contributed by atoms with Crippen LogP contribution in [0, 0.1) is 0 Å². The number of benzene rings is 2. The summed E-state index contributed by atoms with van der Waals surface area (Å²) in [5.74, 6) is 0.673. The van der Waals surface area contributed by atoms with Crippen LogP contribution in [0.25, 0.3) is 10.9 Å². The normalized spacial score (nSPS) is 11.0. The summed E-state index contributed by atoms with van der Waals surface area (Å²) in [4.78, 5) is 15.0. The van der Waals surface area contributed by atoms with Gasteiger partial charge in [-0.25, -0.2) is 5.43 Å². The van der Waals surface area contributed by atoms with Gasteiger partial charge in [-0.1, -0.05) is 34.1 Å².